The Morgan fingerprint density at radius 1 is 1.24 bits per heavy atom. The molecule has 1 aromatic heterocycles. The van der Waals surface area contributed by atoms with Gasteiger partial charge in [-0.2, -0.15) is 0 Å². The normalized spacial score (nSPS) is 20.0. The quantitative estimate of drug-likeness (QED) is 0.659. The van der Waals surface area contributed by atoms with Crippen LogP contribution in [0, 0.1) is 0 Å². The van der Waals surface area contributed by atoms with Crippen LogP contribution in [0.5, 0.6) is 0 Å². The zero-order chi connectivity index (χ0) is 17.3. The Morgan fingerprint density at radius 2 is 2.00 bits per heavy atom. The lowest BCUT2D eigenvalue weighted by molar-refractivity contribution is 0.380. The number of guanidine groups is 1. The molecule has 1 aliphatic heterocycles. The molecule has 2 fully saturated rings. The highest BCUT2D eigenvalue weighted by molar-refractivity contribution is 7.13. The summed E-state index contributed by atoms with van der Waals surface area (Å²) in [4.78, 5) is 13.6. The Kier molecular flexibility index (Phi) is 4.56. The minimum absolute atomic E-state index is 0.0890. The summed E-state index contributed by atoms with van der Waals surface area (Å²) in [6, 6.07) is 8.10. The molecule has 7 heteroatoms. The number of nitrogens with two attached hydrogens (primary N) is 1. The summed E-state index contributed by atoms with van der Waals surface area (Å²) >= 11 is 8.06. The molecule has 0 amide bonds. The smallest absolute Gasteiger partial charge is 0.191 e. The van der Waals surface area contributed by atoms with Crippen molar-refractivity contribution in [1.82, 2.24) is 9.88 Å². The molecule has 2 N–H and O–H groups in total. The van der Waals surface area contributed by atoms with Crippen molar-refractivity contribution in [2.45, 2.75) is 18.3 Å². The van der Waals surface area contributed by atoms with E-state index in [1.165, 1.54) is 5.56 Å². The highest BCUT2D eigenvalue weighted by Crippen LogP contribution is 2.50. The molecule has 2 heterocycles. The third kappa shape index (κ3) is 3.46. The van der Waals surface area contributed by atoms with Gasteiger partial charge in [0.2, 0.25) is 0 Å². The highest BCUT2D eigenvalue weighted by atomic mass is 35.5. The molecule has 0 bridgehead atoms. The lowest BCUT2D eigenvalue weighted by Gasteiger charge is -2.35. The van der Waals surface area contributed by atoms with Crippen LogP contribution in [-0.2, 0) is 5.41 Å². The van der Waals surface area contributed by atoms with E-state index in [2.05, 4.69) is 20.9 Å². The van der Waals surface area contributed by atoms with E-state index < -0.39 is 0 Å². The van der Waals surface area contributed by atoms with Crippen LogP contribution in [0.3, 0.4) is 0 Å². The van der Waals surface area contributed by atoms with Crippen molar-refractivity contribution in [1.29, 1.82) is 0 Å². The number of anilines is 1. The van der Waals surface area contributed by atoms with Crippen molar-refractivity contribution < 1.29 is 0 Å². The van der Waals surface area contributed by atoms with Gasteiger partial charge in [-0.1, -0.05) is 29.8 Å². The molecule has 0 atom stereocenters. The van der Waals surface area contributed by atoms with Crippen molar-refractivity contribution in [2.24, 2.45) is 10.7 Å². The van der Waals surface area contributed by atoms with Gasteiger partial charge in [-0.15, -0.1) is 11.3 Å². The first-order valence-electron chi connectivity index (χ1n) is 8.62. The number of hydrogen-bond donors (Lipinski definition) is 1. The second-order valence-corrected chi connectivity index (χ2v) is 8.00. The molecule has 5 nitrogen and oxygen atoms in total. The molecule has 25 heavy (non-hydrogen) atoms. The molecular formula is C18H22ClN5S. The molecule has 0 unspecified atom stereocenters. The van der Waals surface area contributed by atoms with Gasteiger partial charge in [0.1, 0.15) is 0 Å². The summed E-state index contributed by atoms with van der Waals surface area (Å²) in [6.45, 7) is 4.34. The first-order valence-corrected chi connectivity index (χ1v) is 9.88. The van der Waals surface area contributed by atoms with E-state index >= 15 is 0 Å². The topological polar surface area (TPSA) is 57.8 Å². The van der Waals surface area contributed by atoms with Crippen LogP contribution in [0.25, 0.3) is 0 Å². The summed E-state index contributed by atoms with van der Waals surface area (Å²) in [5, 5.41) is 3.94. The predicted molar refractivity (Wildman–Crippen MR) is 105 cm³/mol. The summed E-state index contributed by atoms with van der Waals surface area (Å²) in [7, 11) is 0. The van der Waals surface area contributed by atoms with Crippen molar-refractivity contribution in [3.8, 4) is 0 Å². The Hall–Kier alpha value is -1.79. The van der Waals surface area contributed by atoms with Crippen LogP contribution < -0.4 is 10.6 Å². The Labute approximate surface area is 157 Å². The minimum Gasteiger partial charge on any atom is -0.370 e. The van der Waals surface area contributed by atoms with Gasteiger partial charge >= 0.3 is 0 Å². The lowest BCUT2D eigenvalue weighted by atomic mass is 9.96. The van der Waals surface area contributed by atoms with E-state index in [-0.39, 0.29) is 5.41 Å². The molecule has 1 saturated carbocycles. The Morgan fingerprint density at radius 3 is 2.64 bits per heavy atom. The fourth-order valence-corrected chi connectivity index (χ4v) is 4.42. The summed E-state index contributed by atoms with van der Waals surface area (Å²) in [5.74, 6) is 0.650. The van der Waals surface area contributed by atoms with Crippen LogP contribution in [0.1, 0.15) is 18.4 Å². The van der Waals surface area contributed by atoms with Crippen LogP contribution in [0.2, 0.25) is 5.02 Å². The SMILES string of the molecule is NC(=NCC1(c2ccccc2Cl)CC1)N1CCN(c2nccs2)CC1. The zero-order valence-electron chi connectivity index (χ0n) is 14.1. The molecule has 0 radical (unpaired) electrons. The van der Waals surface area contributed by atoms with Gasteiger partial charge in [0.05, 0.1) is 6.54 Å². The average molecular weight is 376 g/mol. The van der Waals surface area contributed by atoms with Crippen LogP contribution in [-0.4, -0.2) is 48.6 Å². The van der Waals surface area contributed by atoms with Gasteiger partial charge in [0.25, 0.3) is 0 Å². The van der Waals surface area contributed by atoms with E-state index in [0.717, 1.165) is 55.7 Å². The van der Waals surface area contributed by atoms with Crippen molar-refractivity contribution in [3.05, 3.63) is 46.4 Å². The lowest BCUT2D eigenvalue weighted by Crippen LogP contribution is -2.51. The van der Waals surface area contributed by atoms with Crippen LogP contribution in [0.15, 0.2) is 40.8 Å². The fourth-order valence-electron chi connectivity index (χ4n) is 3.39. The van der Waals surface area contributed by atoms with Crippen molar-refractivity contribution >= 4 is 34.0 Å². The number of rotatable bonds is 4. The number of nitrogens with zero attached hydrogens (tertiary/aromatic N) is 4. The third-order valence-electron chi connectivity index (χ3n) is 5.14. The standard InChI is InChI=1S/C18H22ClN5S/c19-15-4-2-1-3-14(15)18(5-6-18)13-22-16(20)23-8-10-24(11-9-23)17-21-7-12-25-17/h1-4,7,12H,5-6,8-11,13H2,(H2,20,22). The fraction of sp³-hybridized carbons (Fsp3) is 0.444. The molecule has 2 aliphatic rings. The number of benzene rings is 1. The van der Waals surface area contributed by atoms with Crippen LogP contribution in [0.4, 0.5) is 5.13 Å². The van der Waals surface area contributed by atoms with Crippen LogP contribution >= 0.6 is 22.9 Å². The zero-order valence-corrected chi connectivity index (χ0v) is 15.6. The first kappa shape index (κ1) is 16.7. The number of aromatic nitrogens is 1. The molecule has 4 rings (SSSR count). The summed E-state index contributed by atoms with van der Waals surface area (Å²) in [5.41, 5.74) is 7.57. The van der Waals surface area contributed by atoms with E-state index in [1.807, 2.05) is 29.8 Å². The van der Waals surface area contributed by atoms with Gasteiger partial charge in [-0.25, -0.2) is 4.98 Å². The molecule has 1 saturated heterocycles. The van der Waals surface area contributed by atoms with E-state index in [9.17, 15) is 0 Å². The molecule has 2 aromatic rings. The summed E-state index contributed by atoms with van der Waals surface area (Å²) < 4.78 is 0. The molecule has 1 aromatic carbocycles. The largest absolute Gasteiger partial charge is 0.370 e. The second-order valence-electron chi connectivity index (χ2n) is 6.72. The van der Waals surface area contributed by atoms with Crippen molar-refractivity contribution in [3.63, 3.8) is 0 Å². The second kappa shape index (κ2) is 6.84. The predicted octanol–water partition coefficient (Wildman–Crippen LogP) is 2.97. The molecule has 0 spiro atoms. The van der Waals surface area contributed by atoms with Crippen molar-refractivity contribution in [2.75, 3.05) is 37.6 Å². The Balaban J connectivity index is 1.37. The maximum atomic E-state index is 6.38. The molecular weight excluding hydrogens is 354 g/mol. The Bertz CT molecular complexity index is 749. The minimum atomic E-state index is 0.0890. The average Bonchev–Trinajstić information content (AvgIpc) is 3.22. The van der Waals surface area contributed by atoms with E-state index in [4.69, 9.17) is 22.3 Å². The molecule has 1 aliphatic carbocycles. The summed E-state index contributed by atoms with van der Waals surface area (Å²) in [6.07, 6.45) is 4.11. The number of hydrogen-bond acceptors (Lipinski definition) is 4. The maximum absolute atomic E-state index is 6.38. The van der Waals surface area contributed by atoms with E-state index in [0.29, 0.717) is 5.96 Å². The number of halogens is 1. The monoisotopic (exact) mass is 375 g/mol. The first-order chi connectivity index (χ1) is 12.2. The van der Waals surface area contributed by atoms with Gasteiger partial charge in [0.15, 0.2) is 11.1 Å². The van der Waals surface area contributed by atoms with Gasteiger partial charge < -0.3 is 15.5 Å². The number of piperazine rings is 1. The van der Waals surface area contributed by atoms with Gasteiger partial charge in [-0.05, 0) is 24.5 Å². The third-order valence-corrected chi connectivity index (χ3v) is 6.30. The highest BCUT2D eigenvalue weighted by Gasteiger charge is 2.45. The molecule has 132 valence electrons. The van der Waals surface area contributed by atoms with Gasteiger partial charge in [0, 0.05) is 48.2 Å². The van der Waals surface area contributed by atoms with Gasteiger partial charge in [-0.3, -0.25) is 4.99 Å². The maximum Gasteiger partial charge on any atom is 0.191 e. The number of thiazole rings is 1. The number of aliphatic imine (C=N–C) groups is 1. The van der Waals surface area contributed by atoms with E-state index in [1.54, 1.807) is 11.3 Å².